The normalized spacial score (nSPS) is 11.2. The molecule has 4 nitrogen and oxygen atoms in total. The molecule has 2 N–H and O–H groups in total. The number of aromatic amines is 1. The zero-order valence-corrected chi connectivity index (χ0v) is 18.4. The van der Waals surface area contributed by atoms with E-state index in [1.54, 1.807) is 0 Å². The highest BCUT2D eigenvalue weighted by Gasteiger charge is 2.09. The molecular formula is C24H31N3OS. The van der Waals surface area contributed by atoms with Crippen molar-refractivity contribution >= 4 is 33.8 Å². The van der Waals surface area contributed by atoms with Gasteiger partial charge in [0, 0.05) is 34.9 Å². The number of ether oxygens (including phenoxy) is 1. The van der Waals surface area contributed by atoms with Crippen LogP contribution in [0.15, 0.2) is 48.7 Å². The van der Waals surface area contributed by atoms with Gasteiger partial charge in [-0.1, -0.05) is 43.4 Å². The number of nitrogens with zero attached hydrogens (tertiary/aromatic N) is 1. The summed E-state index contributed by atoms with van der Waals surface area (Å²) in [6, 6.07) is 14.6. The lowest BCUT2D eigenvalue weighted by atomic mass is 10.1. The van der Waals surface area contributed by atoms with Crippen molar-refractivity contribution in [3.8, 4) is 5.75 Å². The van der Waals surface area contributed by atoms with Gasteiger partial charge in [-0.2, -0.15) is 0 Å². The summed E-state index contributed by atoms with van der Waals surface area (Å²) in [7, 11) is 2.16. The summed E-state index contributed by atoms with van der Waals surface area (Å²) in [6.07, 6.45) is 5.26. The lowest BCUT2D eigenvalue weighted by molar-refractivity contribution is 0.235. The van der Waals surface area contributed by atoms with Gasteiger partial charge in [0.25, 0.3) is 0 Å². The molecule has 0 fully saturated rings. The number of thiocarbonyl (C=S) groups is 1. The standard InChI is InChI=1S/C24H31N3OS/c1-4-20-23(26-18(2)29)12-7-13-24(20)28-16-15-27(3)14-8-9-19-17-25-22-11-6-5-10-21(19)22/h5-7,10-13,17,25H,4,8-9,14-16H2,1-3H3,(H,26,29). The minimum absolute atomic E-state index is 0.677. The molecule has 0 unspecified atom stereocenters. The molecule has 0 aliphatic carbocycles. The van der Waals surface area contributed by atoms with Crippen molar-refractivity contribution in [3.05, 3.63) is 59.8 Å². The second kappa shape index (κ2) is 10.4. The van der Waals surface area contributed by atoms with Crippen LogP contribution in [0.1, 0.15) is 31.4 Å². The Morgan fingerprint density at radius 2 is 1.97 bits per heavy atom. The zero-order valence-electron chi connectivity index (χ0n) is 17.6. The van der Waals surface area contributed by atoms with E-state index in [2.05, 4.69) is 65.7 Å². The average molecular weight is 410 g/mol. The largest absolute Gasteiger partial charge is 0.492 e. The summed E-state index contributed by atoms with van der Waals surface area (Å²) in [5, 5.41) is 4.59. The van der Waals surface area contributed by atoms with Crippen molar-refractivity contribution in [2.45, 2.75) is 33.1 Å². The van der Waals surface area contributed by atoms with Gasteiger partial charge in [-0.15, -0.1) is 0 Å². The molecule has 29 heavy (non-hydrogen) atoms. The van der Waals surface area contributed by atoms with Crippen LogP contribution < -0.4 is 10.1 Å². The van der Waals surface area contributed by atoms with E-state index in [1.807, 2.05) is 19.1 Å². The predicted molar refractivity (Wildman–Crippen MR) is 127 cm³/mol. The molecule has 2 aromatic carbocycles. The first-order valence-corrected chi connectivity index (χ1v) is 10.7. The van der Waals surface area contributed by atoms with Gasteiger partial charge in [0.1, 0.15) is 12.4 Å². The number of benzene rings is 2. The molecule has 1 aromatic heterocycles. The minimum Gasteiger partial charge on any atom is -0.492 e. The van der Waals surface area contributed by atoms with E-state index in [0.717, 1.165) is 48.8 Å². The number of hydrogen-bond donors (Lipinski definition) is 2. The van der Waals surface area contributed by atoms with E-state index in [9.17, 15) is 0 Å². The molecule has 1 heterocycles. The van der Waals surface area contributed by atoms with Gasteiger partial charge in [-0.25, -0.2) is 0 Å². The fraction of sp³-hybridized carbons (Fsp3) is 0.375. The van der Waals surface area contributed by atoms with E-state index in [-0.39, 0.29) is 0 Å². The zero-order chi connectivity index (χ0) is 20.6. The number of H-pyrrole nitrogens is 1. The maximum atomic E-state index is 6.10. The number of aryl methyl sites for hydroxylation is 1. The van der Waals surface area contributed by atoms with Gasteiger partial charge >= 0.3 is 0 Å². The van der Waals surface area contributed by atoms with Gasteiger partial charge in [-0.05, 0) is 63.5 Å². The van der Waals surface area contributed by atoms with E-state index in [0.29, 0.717) is 6.61 Å². The van der Waals surface area contributed by atoms with Crippen molar-refractivity contribution in [2.75, 3.05) is 32.1 Å². The number of anilines is 1. The summed E-state index contributed by atoms with van der Waals surface area (Å²) in [4.78, 5) is 6.47. The molecule has 0 aliphatic heterocycles. The highest BCUT2D eigenvalue weighted by Crippen LogP contribution is 2.27. The van der Waals surface area contributed by atoms with Crippen molar-refractivity contribution in [1.29, 1.82) is 0 Å². The number of likely N-dealkylation sites (N-methyl/N-ethyl adjacent to an activating group) is 1. The lowest BCUT2D eigenvalue weighted by Gasteiger charge is -2.19. The third kappa shape index (κ3) is 5.81. The van der Waals surface area contributed by atoms with E-state index >= 15 is 0 Å². The Kier molecular flexibility index (Phi) is 7.67. The molecule has 5 heteroatoms. The van der Waals surface area contributed by atoms with Crippen LogP contribution in [0, 0.1) is 0 Å². The quantitative estimate of drug-likeness (QED) is 0.438. The Hall–Kier alpha value is -2.37. The molecule has 0 radical (unpaired) electrons. The third-order valence-corrected chi connectivity index (χ3v) is 5.29. The van der Waals surface area contributed by atoms with Crippen LogP contribution in [0.3, 0.4) is 0 Å². The Morgan fingerprint density at radius 1 is 1.14 bits per heavy atom. The number of aromatic nitrogens is 1. The van der Waals surface area contributed by atoms with Crippen LogP contribution in [-0.2, 0) is 12.8 Å². The second-order valence-electron chi connectivity index (χ2n) is 7.43. The molecule has 0 saturated heterocycles. The van der Waals surface area contributed by atoms with E-state index < -0.39 is 0 Å². The van der Waals surface area contributed by atoms with Gasteiger partial charge in [0.05, 0.1) is 4.99 Å². The molecule has 0 atom stereocenters. The predicted octanol–water partition coefficient (Wildman–Crippen LogP) is 5.43. The maximum Gasteiger partial charge on any atom is 0.124 e. The first-order valence-electron chi connectivity index (χ1n) is 10.3. The summed E-state index contributed by atoms with van der Waals surface area (Å²) in [5.74, 6) is 0.945. The summed E-state index contributed by atoms with van der Waals surface area (Å²) in [5.41, 5.74) is 4.84. The number of hydrogen-bond acceptors (Lipinski definition) is 3. The summed E-state index contributed by atoms with van der Waals surface area (Å²) < 4.78 is 6.10. The topological polar surface area (TPSA) is 40.3 Å². The third-order valence-electron chi connectivity index (χ3n) is 5.19. The lowest BCUT2D eigenvalue weighted by Crippen LogP contribution is -2.25. The molecule has 0 bridgehead atoms. The van der Waals surface area contributed by atoms with Gasteiger partial charge in [0.15, 0.2) is 0 Å². The SMILES string of the molecule is CCc1c(NC(C)=S)cccc1OCCN(C)CCCc1c[nH]c2ccccc12. The van der Waals surface area contributed by atoms with Crippen LogP contribution >= 0.6 is 12.2 Å². The molecule has 0 aliphatic rings. The molecule has 154 valence electrons. The molecule has 3 aromatic rings. The van der Waals surface area contributed by atoms with Crippen molar-refractivity contribution in [3.63, 3.8) is 0 Å². The Labute approximate surface area is 179 Å². The number of fused-ring (bicyclic) bond motifs is 1. The molecule has 0 spiro atoms. The highest BCUT2D eigenvalue weighted by atomic mass is 32.1. The van der Waals surface area contributed by atoms with Crippen molar-refractivity contribution in [2.24, 2.45) is 0 Å². The van der Waals surface area contributed by atoms with Gasteiger partial charge in [0.2, 0.25) is 0 Å². The van der Waals surface area contributed by atoms with Crippen LogP contribution in [0.5, 0.6) is 5.75 Å². The van der Waals surface area contributed by atoms with Crippen molar-refractivity contribution in [1.82, 2.24) is 9.88 Å². The first kappa shape index (κ1) is 21.3. The number of para-hydroxylation sites is 1. The molecular weight excluding hydrogens is 378 g/mol. The van der Waals surface area contributed by atoms with Gasteiger partial charge in [-0.3, -0.25) is 0 Å². The van der Waals surface area contributed by atoms with Crippen LogP contribution in [-0.4, -0.2) is 41.6 Å². The van der Waals surface area contributed by atoms with Crippen LogP contribution in [0.25, 0.3) is 10.9 Å². The average Bonchev–Trinajstić information content (AvgIpc) is 3.11. The Morgan fingerprint density at radius 3 is 2.76 bits per heavy atom. The number of rotatable bonds is 10. The summed E-state index contributed by atoms with van der Waals surface area (Å²) in [6.45, 7) is 6.67. The Balaban J connectivity index is 1.45. The molecule has 0 amide bonds. The fourth-order valence-corrected chi connectivity index (χ4v) is 3.78. The van der Waals surface area contributed by atoms with Gasteiger partial charge < -0.3 is 19.9 Å². The van der Waals surface area contributed by atoms with Crippen LogP contribution in [0.4, 0.5) is 5.69 Å². The minimum atomic E-state index is 0.677. The monoisotopic (exact) mass is 409 g/mol. The molecule has 3 rings (SSSR count). The number of nitrogens with one attached hydrogen (secondary N) is 2. The fourth-order valence-electron chi connectivity index (χ4n) is 3.67. The van der Waals surface area contributed by atoms with E-state index in [1.165, 1.54) is 22.0 Å². The summed E-state index contributed by atoms with van der Waals surface area (Å²) >= 11 is 5.19. The van der Waals surface area contributed by atoms with Crippen LogP contribution in [0.2, 0.25) is 0 Å². The highest BCUT2D eigenvalue weighted by molar-refractivity contribution is 7.80. The van der Waals surface area contributed by atoms with Crippen molar-refractivity contribution < 1.29 is 4.74 Å². The first-order chi connectivity index (χ1) is 14.1. The smallest absolute Gasteiger partial charge is 0.124 e. The maximum absolute atomic E-state index is 6.10. The molecule has 0 saturated carbocycles. The van der Waals surface area contributed by atoms with E-state index in [4.69, 9.17) is 17.0 Å². The second-order valence-corrected chi connectivity index (χ2v) is 8.04. The Bertz CT molecular complexity index is 950.